The van der Waals surface area contributed by atoms with E-state index in [4.69, 9.17) is 0 Å². The molecule has 100 valence electrons. The first-order chi connectivity index (χ1) is 7.99. The number of piperazine rings is 1. The molecule has 2 aliphatic rings. The molecule has 2 aliphatic heterocycles. The Hall–Kier alpha value is -0.170. The van der Waals surface area contributed by atoms with Crippen LogP contribution in [0.5, 0.6) is 0 Å². The average Bonchev–Trinajstić information content (AvgIpc) is 2.55. The van der Waals surface area contributed by atoms with Gasteiger partial charge in [-0.2, -0.15) is 0 Å². The second-order valence-electron chi connectivity index (χ2n) is 5.42. The van der Waals surface area contributed by atoms with E-state index in [2.05, 4.69) is 15.5 Å². The monoisotopic (exact) mass is 261 g/mol. The van der Waals surface area contributed by atoms with Crippen molar-refractivity contribution in [1.82, 2.24) is 15.5 Å². The highest BCUT2D eigenvalue weighted by molar-refractivity contribution is 7.91. The second kappa shape index (κ2) is 5.22. The quantitative estimate of drug-likeness (QED) is 0.684. The Morgan fingerprint density at radius 2 is 2.06 bits per heavy atom. The summed E-state index contributed by atoms with van der Waals surface area (Å²) in [4.78, 5) is 2.41. The Balaban J connectivity index is 1.71. The summed E-state index contributed by atoms with van der Waals surface area (Å²) in [5.41, 5.74) is -0.202. The van der Waals surface area contributed by atoms with Gasteiger partial charge < -0.3 is 10.6 Å². The third kappa shape index (κ3) is 3.91. The molecule has 0 aliphatic carbocycles. The van der Waals surface area contributed by atoms with Crippen molar-refractivity contribution in [1.29, 1.82) is 0 Å². The first-order valence-corrected chi connectivity index (χ1v) is 8.20. The minimum absolute atomic E-state index is 0.202. The van der Waals surface area contributed by atoms with Gasteiger partial charge in [-0.15, -0.1) is 0 Å². The lowest BCUT2D eigenvalue weighted by atomic mass is 10.0. The van der Waals surface area contributed by atoms with Crippen LogP contribution in [0.25, 0.3) is 0 Å². The van der Waals surface area contributed by atoms with Crippen LogP contribution < -0.4 is 10.6 Å². The smallest absolute Gasteiger partial charge is 0.152 e. The van der Waals surface area contributed by atoms with Gasteiger partial charge in [-0.05, 0) is 13.3 Å². The van der Waals surface area contributed by atoms with E-state index < -0.39 is 9.84 Å². The minimum Gasteiger partial charge on any atom is -0.314 e. The van der Waals surface area contributed by atoms with Gasteiger partial charge in [-0.3, -0.25) is 4.90 Å². The lowest BCUT2D eigenvalue weighted by Gasteiger charge is -2.30. The van der Waals surface area contributed by atoms with Crippen LogP contribution in [0.2, 0.25) is 0 Å². The van der Waals surface area contributed by atoms with E-state index in [9.17, 15) is 8.42 Å². The molecule has 2 saturated heterocycles. The largest absolute Gasteiger partial charge is 0.314 e. The van der Waals surface area contributed by atoms with Gasteiger partial charge in [0.1, 0.15) is 0 Å². The summed E-state index contributed by atoms with van der Waals surface area (Å²) in [6, 6.07) is 0. The molecular formula is C11H23N3O2S. The van der Waals surface area contributed by atoms with E-state index in [-0.39, 0.29) is 5.54 Å². The molecule has 0 bridgehead atoms. The Labute approximate surface area is 104 Å². The normalized spacial score (nSPS) is 33.9. The standard InChI is InChI=1S/C11H23N3O2S/c1-11(2-9-17(15,16)10-11)13-5-8-14-6-3-12-4-7-14/h12-13H,2-10H2,1H3. The maximum absolute atomic E-state index is 11.5. The summed E-state index contributed by atoms with van der Waals surface area (Å²) in [5.74, 6) is 0.631. The lowest BCUT2D eigenvalue weighted by Crippen LogP contribution is -2.50. The zero-order valence-electron chi connectivity index (χ0n) is 10.5. The Kier molecular flexibility index (Phi) is 4.07. The van der Waals surface area contributed by atoms with E-state index in [1.165, 1.54) is 0 Å². The van der Waals surface area contributed by atoms with Crippen LogP contribution >= 0.6 is 0 Å². The first-order valence-electron chi connectivity index (χ1n) is 6.38. The lowest BCUT2D eigenvalue weighted by molar-refractivity contribution is 0.231. The van der Waals surface area contributed by atoms with Crippen molar-refractivity contribution in [2.45, 2.75) is 18.9 Å². The van der Waals surface area contributed by atoms with Crippen molar-refractivity contribution in [3.63, 3.8) is 0 Å². The molecule has 0 radical (unpaired) electrons. The van der Waals surface area contributed by atoms with Crippen molar-refractivity contribution in [2.24, 2.45) is 0 Å². The highest BCUT2D eigenvalue weighted by Gasteiger charge is 2.37. The fourth-order valence-electron chi connectivity index (χ4n) is 2.60. The van der Waals surface area contributed by atoms with Gasteiger partial charge in [0.2, 0.25) is 0 Å². The predicted octanol–water partition coefficient (Wildman–Crippen LogP) is -0.942. The number of nitrogens with one attached hydrogen (secondary N) is 2. The van der Waals surface area contributed by atoms with Crippen LogP contribution in [-0.2, 0) is 9.84 Å². The zero-order chi connectivity index (χ0) is 12.4. The molecule has 2 heterocycles. The molecule has 1 atom stereocenters. The molecule has 6 heteroatoms. The second-order valence-corrected chi connectivity index (χ2v) is 7.61. The average molecular weight is 261 g/mol. The van der Waals surface area contributed by atoms with Gasteiger partial charge in [0.15, 0.2) is 9.84 Å². The summed E-state index contributed by atoms with van der Waals surface area (Å²) < 4.78 is 22.9. The fourth-order valence-corrected chi connectivity index (χ4v) is 4.72. The van der Waals surface area contributed by atoms with Crippen molar-refractivity contribution in [3.8, 4) is 0 Å². The predicted molar refractivity (Wildman–Crippen MR) is 69.0 cm³/mol. The molecular weight excluding hydrogens is 238 g/mol. The number of hydrogen-bond acceptors (Lipinski definition) is 5. The van der Waals surface area contributed by atoms with Crippen molar-refractivity contribution < 1.29 is 8.42 Å². The molecule has 0 aromatic carbocycles. The van der Waals surface area contributed by atoms with E-state index in [1.54, 1.807) is 0 Å². The topological polar surface area (TPSA) is 61.4 Å². The molecule has 5 nitrogen and oxygen atoms in total. The first kappa shape index (κ1) is 13.3. The van der Waals surface area contributed by atoms with E-state index in [0.717, 1.165) is 45.7 Å². The molecule has 17 heavy (non-hydrogen) atoms. The van der Waals surface area contributed by atoms with Crippen LogP contribution in [0.15, 0.2) is 0 Å². The number of rotatable bonds is 4. The third-order valence-corrected chi connectivity index (χ3v) is 5.60. The number of hydrogen-bond donors (Lipinski definition) is 2. The van der Waals surface area contributed by atoms with Crippen LogP contribution in [-0.4, -0.2) is 69.6 Å². The molecule has 0 spiro atoms. The Bertz CT molecular complexity index is 352. The number of nitrogens with zero attached hydrogens (tertiary/aromatic N) is 1. The van der Waals surface area contributed by atoms with Gasteiger partial charge in [-0.1, -0.05) is 0 Å². The van der Waals surface area contributed by atoms with Crippen LogP contribution in [0.1, 0.15) is 13.3 Å². The van der Waals surface area contributed by atoms with Gasteiger partial charge in [0, 0.05) is 44.8 Å². The maximum Gasteiger partial charge on any atom is 0.152 e. The molecule has 2 fully saturated rings. The highest BCUT2D eigenvalue weighted by atomic mass is 32.2. The van der Waals surface area contributed by atoms with E-state index >= 15 is 0 Å². The van der Waals surface area contributed by atoms with Gasteiger partial charge in [0.25, 0.3) is 0 Å². The zero-order valence-corrected chi connectivity index (χ0v) is 11.4. The van der Waals surface area contributed by atoms with Crippen LogP contribution in [0.3, 0.4) is 0 Å². The summed E-state index contributed by atoms with van der Waals surface area (Å²) in [6.07, 6.45) is 0.747. The highest BCUT2D eigenvalue weighted by Crippen LogP contribution is 2.22. The van der Waals surface area contributed by atoms with Crippen molar-refractivity contribution in [2.75, 3.05) is 50.8 Å². The maximum atomic E-state index is 11.5. The van der Waals surface area contributed by atoms with Gasteiger partial charge in [0.05, 0.1) is 11.5 Å². The molecule has 0 saturated carbocycles. The summed E-state index contributed by atoms with van der Waals surface area (Å²) in [7, 11) is -2.80. The van der Waals surface area contributed by atoms with Crippen LogP contribution in [0, 0.1) is 0 Å². The van der Waals surface area contributed by atoms with E-state index in [0.29, 0.717) is 11.5 Å². The molecule has 2 N–H and O–H groups in total. The Morgan fingerprint density at radius 3 is 2.65 bits per heavy atom. The number of sulfone groups is 1. The fraction of sp³-hybridized carbons (Fsp3) is 1.00. The third-order valence-electron chi connectivity index (χ3n) is 3.69. The van der Waals surface area contributed by atoms with Crippen molar-refractivity contribution >= 4 is 9.84 Å². The van der Waals surface area contributed by atoms with Gasteiger partial charge >= 0.3 is 0 Å². The molecule has 2 rings (SSSR count). The summed E-state index contributed by atoms with van der Waals surface area (Å²) >= 11 is 0. The van der Waals surface area contributed by atoms with Crippen LogP contribution in [0.4, 0.5) is 0 Å². The van der Waals surface area contributed by atoms with Gasteiger partial charge in [-0.25, -0.2) is 8.42 Å². The van der Waals surface area contributed by atoms with Crippen molar-refractivity contribution in [3.05, 3.63) is 0 Å². The van der Waals surface area contributed by atoms with E-state index in [1.807, 2.05) is 6.92 Å². The SMILES string of the molecule is CC1(NCCN2CCNCC2)CCS(=O)(=O)C1. The minimum atomic E-state index is -2.80. The summed E-state index contributed by atoms with van der Waals surface area (Å²) in [6.45, 7) is 8.23. The molecule has 0 amide bonds. The summed E-state index contributed by atoms with van der Waals surface area (Å²) in [5, 5.41) is 6.74. The Morgan fingerprint density at radius 1 is 1.35 bits per heavy atom. The molecule has 1 unspecified atom stereocenters. The molecule has 0 aromatic heterocycles. The molecule has 0 aromatic rings.